The lowest BCUT2D eigenvalue weighted by Gasteiger charge is -2.20. The molecule has 1 amide bonds. The van der Waals surface area contributed by atoms with Crippen molar-refractivity contribution in [1.29, 1.82) is 0 Å². The fourth-order valence-electron chi connectivity index (χ4n) is 2.11. The van der Waals surface area contributed by atoms with E-state index in [1.807, 2.05) is 17.5 Å². The van der Waals surface area contributed by atoms with E-state index in [0.717, 1.165) is 9.18 Å². The van der Waals surface area contributed by atoms with E-state index in [4.69, 9.17) is 0 Å². The molecule has 0 bridgehead atoms. The van der Waals surface area contributed by atoms with E-state index in [1.54, 1.807) is 42.5 Å². The summed E-state index contributed by atoms with van der Waals surface area (Å²) in [5.74, 6) is -0.302. The number of thiophene rings is 1. The molecule has 130 valence electrons. The SMILES string of the molecule is CN(C)c1ccc(C(=O)NCc2cccs2)cc1S(=O)(=O)N(C)C. The van der Waals surface area contributed by atoms with E-state index in [-0.39, 0.29) is 10.8 Å². The molecule has 0 aliphatic carbocycles. The first-order chi connectivity index (χ1) is 11.2. The molecule has 2 aromatic rings. The number of benzene rings is 1. The van der Waals surface area contributed by atoms with Gasteiger partial charge in [-0.1, -0.05) is 6.07 Å². The molecule has 1 aromatic carbocycles. The summed E-state index contributed by atoms with van der Waals surface area (Å²) in [5.41, 5.74) is 0.857. The molecule has 0 spiro atoms. The number of anilines is 1. The van der Waals surface area contributed by atoms with Gasteiger partial charge >= 0.3 is 0 Å². The highest BCUT2D eigenvalue weighted by Gasteiger charge is 2.24. The number of sulfonamides is 1. The first-order valence-corrected chi connectivity index (χ1v) is 9.60. The highest BCUT2D eigenvalue weighted by molar-refractivity contribution is 7.89. The summed E-state index contributed by atoms with van der Waals surface area (Å²) in [6, 6.07) is 8.56. The van der Waals surface area contributed by atoms with Crippen molar-refractivity contribution < 1.29 is 13.2 Å². The molecule has 1 heterocycles. The van der Waals surface area contributed by atoms with Crippen LogP contribution in [0.1, 0.15) is 15.2 Å². The van der Waals surface area contributed by atoms with Crippen LogP contribution in [0.25, 0.3) is 0 Å². The molecule has 0 fully saturated rings. The molecule has 24 heavy (non-hydrogen) atoms. The Morgan fingerprint density at radius 1 is 1.17 bits per heavy atom. The predicted octanol–water partition coefficient (Wildman–Crippen LogP) is 1.99. The Balaban J connectivity index is 2.33. The molecule has 0 unspecified atom stereocenters. The largest absolute Gasteiger partial charge is 0.377 e. The van der Waals surface area contributed by atoms with Crippen molar-refractivity contribution in [3.8, 4) is 0 Å². The fraction of sp³-hybridized carbons (Fsp3) is 0.312. The maximum Gasteiger partial charge on any atom is 0.251 e. The Bertz CT molecular complexity index is 813. The molecule has 0 saturated heterocycles. The van der Waals surface area contributed by atoms with E-state index in [1.165, 1.54) is 20.2 Å². The highest BCUT2D eigenvalue weighted by Crippen LogP contribution is 2.27. The molecule has 0 aliphatic rings. The van der Waals surface area contributed by atoms with Crippen LogP contribution in [0.4, 0.5) is 5.69 Å². The predicted molar refractivity (Wildman–Crippen MR) is 97.1 cm³/mol. The maximum absolute atomic E-state index is 12.5. The zero-order chi connectivity index (χ0) is 17.9. The van der Waals surface area contributed by atoms with E-state index in [2.05, 4.69) is 5.32 Å². The van der Waals surface area contributed by atoms with Crippen molar-refractivity contribution in [3.05, 3.63) is 46.2 Å². The van der Waals surface area contributed by atoms with Crippen LogP contribution in [0.15, 0.2) is 40.6 Å². The van der Waals surface area contributed by atoms with Gasteiger partial charge in [-0.3, -0.25) is 4.79 Å². The third-order valence-corrected chi connectivity index (χ3v) is 6.19. The first-order valence-electron chi connectivity index (χ1n) is 7.28. The lowest BCUT2D eigenvalue weighted by Crippen LogP contribution is -2.27. The molecule has 6 nitrogen and oxygen atoms in total. The molecular weight excluding hydrogens is 346 g/mol. The normalized spacial score (nSPS) is 11.5. The van der Waals surface area contributed by atoms with Crippen LogP contribution in [0, 0.1) is 0 Å². The van der Waals surface area contributed by atoms with Crippen molar-refractivity contribution in [3.63, 3.8) is 0 Å². The van der Waals surface area contributed by atoms with Gasteiger partial charge in [-0.25, -0.2) is 12.7 Å². The van der Waals surface area contributed by atoms with Gasteiger partial charge in [-0.15, -0.1) is 11.3 Å². The average molecular weight is 367 g/mol. The summed E-state index contributed by atoms with van der Waals surface area (Å²) in [4.78, 5) is 15.2. The topological polar surface area (TPSA) is 69.7 Å². The van der Waals surface area contributed by atoms with Crippen molar-refractivity contribution in [2.45, 2.75) is 11.4 Å². The minimum Gasteiger partial charge on any atom is -0.377 e. The highest BCUT2D eigenvalue weighted by atomic mass is 32.2. The van der Waals surface area contributed by atoms with Crippen molar-refractivity contribution in [1.82, 2.24) is 9.62 Å². The number of carbonyl (C=O) groups is 1. The zero-order valence-corrected chi connectivity index (χ0v) is 15.7. The molecule has 0 atom stereocenters. The minimum atomic E-state index is -3.65. The first kappa shape index (κ1) is 18.4. The summed E-state index contributed by atoms with van der Waals surface area (Å²) in [5, 5.41) is 4.75. The van der Waals surface area contributed by atoms with Gasteiger partial charge in [-0.05, 0) is 29.6 Å². The summed E-state index contributed by atoms with van der Waals surface area (Å²) in [6.07, 6.45) is 0. The van der Waals surface area contributed by atoms with Gasteiger partial charge in [0, 0.05) is 38.6 Å². The molecular formula is C16H21N3O3S2. The summed E-state index contributed by atoms with van der Waals surface area (Å²) in [6.45, 7) is 0.418. The fourth-order valence-corrected chi connectivity index (χ4v) is 3.94. The van der Waals surface area contributed by atoms with Crippen molar-refractivity contribution in [2.24, 2.45) is 0 Å². The number of carbonyl (C=O) groups excluding carboxylic acids is 1. The number of hydrogen-bond acceptors (Lipinski definition) is 5. The maximum atomic E-state index is 12.5. The molecule has 1 N–H and O–H groups in total. The Hall–Kier alpha value is -1.90. The summed E-state index contributed by atoms with van der Waals surface area (Å²) < 4.78 is 26.2. The van der Waals surface area contributed by atoms with Gasteiger partial charge in [-0.2, -0.15) is 0 Å². The molecule has 0 saturated carbocycles. The van der Waals surface area contributed by atoms with Gasteiger partial charge in [0.05, 0.1) is 12.2 Å². The molecule has 0 aliphatic heterocycles. The van der Waals surface area contributed by atoms with Gasteiger partial charge < -0.3 is 10.2 Å². The monoisotopic (exact) mass is 367 g/mol. The van der Waals surface area contributed by atoms with E-state index >= 15 is 0 Å². The Morgan fingerprint density at radius 2 is 1.88 bits per heavy atom. The average Bonchev–Trinajstić information content (AvgIpc) is 3.05. The van der Waals surface area contributed by atoms with Gasteiger partial charge in [0.1, 0.15) is 4.90 Å². The lowest BCUT2D eigenvalue weighted by molar-refractivity contribution is 0.0951. The molecule has 0 radical (unpaired) electrons. The zero-order valence-electron chi connectivity index (χ0n) is 14.1. The second-order valence-electron chi connectivity index (χ2n) is 5.63. The smallest absolute Gasteiger partial charge is 0.251 e. The van der Waals surface area contributed by atoms with Crippen molar-refractivity contribution in [2.75, 3.05) is 33.1 Å². The number of rotatable bonds is 6. The van der Waals surface area contributed by atoms with Crippen LogP contribution >= 0.6 is 11.3 Å². The van der Waals surface area contributed by atoms with Crippen LogP contribution in [-0.4, -0.2) is 46.8 Å². The van der Waals surface area contributed by atoms with E-state index in [0.29, 0.717) is 17.8 Å². The van der Waals surface area contributed by atoms with Crippen LogP contribution < -0.4 is 10.2 Å². The molecule has 8 heteroatoms. The van der Waals surface area contributed by atoms with Gasteiger partial charge in [0.25, 0.3) is 5.91 Å². The Morgan fingerprint density at radius 3 is 2.42 bits per heavy atom. The Kier molecular flexibility index (Phi) is 5.63. The third kappa shape index (κ3) is 3.95. The standard InChI is InChI=1S/C16H21N3O3S2/c1-18(2)14-8-7-12(10-15(14)24(21,22)19(3)4)16(20)17-11-13-6-5-9-23-13/h5-10H,11H2,1-4H3,(H,17,20). The second-order valence-corrected chi connectivity index (χ2v) is 8.78. The number of nitrogens with zero attached hydrogens (tertiary/aromatic N) is 2. The van der Waals surface area contributed by atoms with E-state index < -0.39 is 10.0 Å². The lowest BCUT2D eigenvalue weighted by atomic mass is 10.2. The molecule has 2 rings (SSSR count). The van der Waals surface area contributed by atoms with Crippen LogP contribution in [-0.2, 0) is 16.6 Å². The van der Waals surface area contributed by atoms with Crippen LogP contribution in [0.2, 0.25) is 0 Å². The number of hydrogen-bond donors (Lipinski definition) is 1. The van der Waals surface area contributed by atoms with Gasteiger partial charge in [0.2, 0.25) is 10.0 Å². The van der Waals surface area contributed by atoms with Gasteiger partial charge in [0.15, 0.2) is 0 Å². The third-order valence-electron chi connectivity index (χ3n) is 3.47. The second kappa shape index (κ2) is 7.33. The quantitative estimate of drug-likeness (QED) is 0.848. The molecule has 1 aromatic heterocycles. The number of amides is 1. The van der Waals surface area contributed by atoms with Crippen molar-refractivity contribution >= 4 is 33.0 Å². The van der Waals surface area contributed by atoms with E-state index in [9.17, 15) is 13.2 Å². The van der Waals surface area contributed by atoms with Crippen LogP contribution in [0.3, 0.4) is 0 Å². The number of nitrogens with one attached hydrogen (secondary N) is 1. The van der Waals surface area contributed by atoms with Crippen LogP contribution in [0.5, 0.6) is 0 Å². The minimum absolute atomic E-state index is 0.112. The summed E-state index contributed by atoms with van der Waals surface area (Å²) >= 11 is 1.55. The summed E-state index contributed by atoms with van der Waals surface area (Å²) in [7, 11) is 2.82. The Labute approximate surface area is 146 Å².